The van der Waals surface area contributed by atoms with E-state index >= 15 is 0 Å². The van der Waals surface area contributed by atoms with Gasteiger partial charge in [-0.1, -0.05) is 26.7 Å². The van der Waals surface area contributed by atoms with Crippen molar-refractivity contribution in [2.24, 2.45) is 5.92 Å². The molecule has 0 fully saturated rings. The molecular weight excluding hydrogens is 166 g/mol. The summed E-state index contributed by atoms with van der Waals surface area (Å²) < 4.78 is 4.58. The minimum Gasteiger partial charge on any atom is -0.453 e. The molecule has 0 heterocycles. The minimum absolute atomic E-state index is 0.246. The first-order valence-electron chi connectivity index (χ1n) is 4.87. The lowest BCUT2D eigenvalue weighted by Gasteiger charge is -2.15. The highest BCUT2D eigenvalue weighted by atomic mass is 16.5. The molecular formula is C10H21NO2. The summed E-state index contributed by atoms with van der Waals surface area (Å²) in [5, 5.41) is 0. The van der Waals surface area contributed by atoms with E-state index in [2.05, 4.69) is 18.6 Å². The lowest BCUT2D eigenvalue weighted by atomic mass is 10.1. The number of carbonyl (C=O) groups is 1. The molecule has 3 nitrogen and oxygen atoms in total. The van der Waals surface area contributed by atoms with Crippen LogP contribution >= 0.6 is 0 Å². The quantitative estimate of drug-likeness (QED) is 0.619. The van der Waals surface area contributed by atoms with Crippen LogP contribution in [0.3, 0.4) is 0 Å². The van der Waals surface area contributed by atoms with E-state index in [0.717, 1.165) is 18.9 Å². The van der Waals surface area contributed by atoms with Crippen LogP contribution in [-0.2, 0) is 4.74 Å². The van der Waals surface area contributed by atoms with Crippen LogP contribution in [0.2, 0.25) is 0 Å². The van der Waals surface area contributed by atoms with Crippen molar-refractivity contribution in [3.8, 4) is 0 Å². The average Bonchev–Trinajstić information content (AvgIpc) is 2.10. The summed E-state index contributed by atoms with van der Waals surface area (Å²) in [7, 11) is 3.17. The van der Waals surface area contributed by atoms with Crippen molar-refractivity contribution >= 4 is 6.09 Å². The fourth-order valence-electron chi connectivity index (χ4n) is 1.15. The maximum absolute atomic E-state index is 10.9. The number of ether oxygens (including phenoxy) is 1. The van der Waals surface area contributed by atoms with Gasteiger partial charge in [0.15, 0.2) is 0 Å². The van der Waals surface area contributed by atoms with Gasteiger partial charge < -0.3 is 9.64 Å². The van der Waals surface area contributed by atoms with Gasteiger partial charge >= 0.3 is 6.09 Å². The van der Waals surface area contributed by atoms with Crippen molar-refractivity contribution in [3.05, 3.63) is 0 Å². The van der Waals surface area contributed by atoms with Gasteiger partial charge in [-0.15, -0.1) is 0 Å². The first-order chi connectivity index (χ1) is 6.07. The summed E-state index contributed by atoms with van der Waals surface area (Å²) in [4.78, 5) is 12.6. The largest absolute Gasteiger partial charge is 0.453 e. The summed E-state index contributed by atoms with van der Waals surface area (Å²) in [6, 6.07) is 0. The highest BCUT2D eigenvalue weighted by Crippen LogP contribution is 2.06. The standard InChI is InChI=1S/C10H21NO2/c1-9(2)7-5-6-8-11(3)10(12)13-4/h9H,5-8H2,1-4H3. The van der Waals surface area contributed by atoms with Gasteiger partial charge in [-0.2, -0.15) is 0 Å². The Morgan fingerprint density at radius 2 is 2.00 bits per heavy atom. The Bertz CT molecular complexity index is 146. The Morgan fingerprint density at radius 3 is 2.46 bits per heavy atom. The minimum atomic E-state index is -0.246. The molecule has 0 radical (unpaired) electrons. The van der Waals surface area contributed by atoms with Gasteiger partial charge in [0, 0.05) is 13.6 Å². The van der Waals surface area contributed by atoms with Crippen LogP contribution in [0.15, 0.2) is 0 Å². The van der Waals surface area contributed by atoms with Crippen molar-refractivity contribution in [1.82, 2.24) is 4.90 Å². The second-order valence-corrected chi connectivity index (χ2v) is 3.78. The fourth-order valence-corrected chi connectivity index (χ4v) is 1.15. The molecule has 0 saturated heterocycles. The van der Waals surface area contributed by atoms with Crippen molar-refractivity contribution in [2.45, 2.75) is 33.1 Å². The maximum atomic E-state index is 10.9. The lowest BCUT2D eigenvalue weighted by molar-refractivity contribution is 0.132. The summed E-state index contributed by atoms with van der Waals surface area (Å²) in [6.07, 6.45) is 3.22. The molecule has 78 valence electrons. The molecule has 3 heteroatoms. The molecule has 0 aromatic rings. The molecule has 0 N–H and O–H groups in total. The van der Waals surface area contributed by atoms with Gasteiger partial charge in [0.05, 0.1) is 7.11 Å². The van der Waals surface area contributed by atoms with E-state index in [0.29, 0.717) is 0 Å². The van der Waals surface area contributed by atoms with Gasteiger partial charge in [0.25, 0.3) is 0 Å². The van der Waals surface area contributed by atoms with Crippen LogP contribution in [0.25, 0.3) is 0 Å². The van der Waals surface area contributed by atoms with Crippen molar-refractivity contribution in [2.75, 3.05) is 20.7 Å². The number of nitrogens with zero attached hydrogens (tertiary/aromatic N) is 1. The van der Waals surface area contributed by atoms with E-state index in [4.69, 9.17) is 0 Å². The second kappa shape index (κ2) is 6.75. The third-order valence-corrected chi connectivity index (χ3v) is 2.01. The molecule has 0 rings (SSSR count). The average molecular weight is 187 g/mol. The number of unbranched alkanes of at least 4 members (excludes halogenated alkanes) is 1. The fraction of sp³-hybridized carbons (Fsp3) is 0.900. The Hall–Kier alpha value is -0.730. The lowest BCUT2D eigenvalue weighted by Crippen LogP contribution is -2.27. The maximum Gasteiger partial charge on any atom is 0.409 e. The molecule has 0 aliphatic carbocycles. The normalized spacial score (nSPS) is 10.2. The van der Waals surface area contributed by atoms with Crippen LogP contribution in [0.5, 0.6) is 0 Å². The van der Waals surface area contributed by atoms with Gasteiger partial charge in [0.2, 0.25) is 0 Å². The van der Waals surface area contributed by atoms with Crippen molar-refractivity contribution in [3.63, 3.8) is 0 Å². The Morgan fingerprint density at radius 1 is 1.38 bits per heavy atom. The van der Waals surface area contributed by atoms with Crippen molar-refractivity contribution < 1.29 is 9.53 Å². The number of hydrogen-bond donors (Lipinski definition) is 0. The Kier molecular flexibility index (Phi) is 6.37. The molecule has 13 heavy (non-hydrogen) atoms. The zero-order chi connectivity index (χ0) is 10.3. The number of amides is 1. The van der Waals surface area contributed by atoms with Gasteiger partial charge in [-0.25, -0.2) is 4.79 Å². The first-order valence-corrected chi connectivity index (χ1v) is 4.87. The van der Waals surface area contributed by atoms with Gasteiger partial charge in [0.1, 0.15) is 0 Å². The van der Waals surface area contributed by atoms with E-state index in [9.17, 15) is 4.79 Å². The summed E-state index contributed by atoms with van der Waals surface area (Å²) in [5.74, 6) is 0.753. The number of methoxy groups -OCH3 is 1. The van der Waals surface area contributed by atoms with E-state index in [1.165, 1.54) is 20.0 Å². The molecule has 0 atom stereocenters. The van der Waals surface area contributed by atoms with Gasteiger partial charge in [-0.05, 0) is 12.3 Å². The summed E-state index contributed by atoms with van der Waals surface area (Å²) in [6.45, 7) is 5.22. The second-order valence-electron chi connectivity index (χ2n) is 3.78. The van der Waals surface area contributed by atoms with Crippen molar-refractivity contribution in [1.29, 1.82) is 0 Å². The Balaban J connectivity index is 3.37. The number of carbonyl (C=O) groups excluding carboxylic acids is 1. The molecule has 0 spiro atoms. The Labute approximate surface area is 81.1 Å². The molecule has 0 aliphatic rings. The van der Waals surface area contributed by atoms with E-state index in [-0.39, 0.29) is 6.09 Å². The zero-order valence-corrected chi connectivity index (χ0v) is 9.17. The van der Waals surface area contributed by atoms with Crippen LogP contribution in [0, 0.1) is 5.92 Å². The molecule has 0 aromatic carbocycles. The van der Waals surface area contributed by atoms with Crippen LogP contribution in [-0.4, -0.2) is 31.7 Å². The van der Waals surface area contributed by atoms with E-state index in [1.54, 1.807) is 11.9 Å². The summed E-state index contributed by atoms with van der Waals surface area (Å²) >= 11 is 0. The molecule has 0 bridgehead atoms. The third-order valence-electron chi connectivity index (χ3n) is 2.01. The van der Waals surface area contributed by atoms with E-state index < -0.39 is 0 Å². The third kappa shape index (κ3) is 6.43. The molecule has 0 saturated carbocycles. The predicted octanol–water partition coefficient (Wildman–Crippen LogP) is 2.51. The number of rotatable bonds is 5. The predicted molar refractivity (Wildman–Crippen MR) is 53.7 cm³/mol. The summed E-state index contributed by atoms with van der Waals surface area (Å²) in [5.41, 5.74) is 0. The monoisotopic (exact) mass is 187 g/mol. The molecule has 0 aliphatic heterocycles. The highest BCUT2D eigenvalue weighted by molar-refractivity contribution is 5.66. The highest BCUT2D eigenvalue weighted by Gasteiger charge is 2.06. The molecule has 1 amide bonds. The topological polar surface area (TPSA) is 29.5 Å². The first kappa shape index (κ1) is 12.3. The molecule has 0 aromatic heterocycles. The zero-order valence-electron chi connectivity index (χ0n) is 9.17. The van der Waals surface area contributed by atoms with Gasteiger partial charge in [-0.3, -0.25) is 0 Å². The van der Waals surface area contributed by atoms with Crippen LogP contribution in [0.4, 0.5) is 4.79 Å². The van der Waals surface area contributed by atoms with E-state index in [1.807, 2.05) is 0 Å². The molecule has 0 unspecified atom stereocenters. The smallest absolute Gasteiger partial charge is 0.409 e. The number of hydrogen-bond acceptors (Lipinski definition) is 2. The van der Waals surface area contributed by atoms with Crippen LogP contribution in [0.1, 0.15) is 33.1 Å². The SMILES string of the molecule is COC(=O)N(C)CCCCC(C)C. The van der Waals surface area contributed by atoms with Crippen LogP contribution < -0.4 is 0 Å².